The zero-order valence-electron chi connectivity index (χ0n) is 15.2. The summed E-state index contributed by atoms with van der Waals surface area (Å²) in [7, 11) is 1.66. The van der Waals surface area contributed by atoms with Gasteiger partial charge in [-0.05, 0) is 25.0 Å². The summed E-state index contributed by atoms with van der Waals surface area (Å²) in [5, 5.41) is 0. The number of aromatic nitrogens is 3. The monoisotopic (exact) mass is 355 g/mol. The highest BCUT2D eigenvalue weighted by Gasteiger charge is 2.28. The fourth-order valence-corrected chi connectivity index (χ4v) is 3.66. The Morgan fingerprint density at radius 3 is 2.88 bits per heavy atom. The summed E-state index contributed by atoms with van der Waals surface area (Å²) in [5.41, 5.74) is 1.07. The van der Waals surface area contributed by atoms with Crippen LogP contribution in [0.5, 0.6) is 5.88 Å². The summed E-state index contributed by atoms with van der Waals surface area (Å²) < 4.78 is 11.2. The van der Waals surface area contributed by atoms with E-state index in [1.54, 1.807) is 13.3 Å². The van der Waals surface area contributed by atoms with Gasteiger partial charge in [-0.3, -0.25) is 4.90 Å². The molecule has 2 aromatic heterocycles. The maximum absolute atomic E-state index is 5.74. The second-order valence-corrected chi connectivity index (χ2v) is 6.70. The lowest BCUT2D eigenvalue weighted by Crippen LogP contribution is -2.40. The van der Waals surface area contributed by atoms with Gasteiger partial charge in [0.2, 0.25) is 5.88 Å². The van der Waals surface area contributed by atoms with Crippen LogP contribution in [0.15, 0.2) is 30.6 Å². The lowest BCUT2D eigenvalue weighted by atomic mass is 10.1. The fraction of sp³-hybridized carbons (Fsp3) is 0.526. The molecule has 0 amide bonds. The first-order valence-electron chi connectivity index (χ1n) is 9.23. The quantitative estimate of drug-likeness (QED) is 0.813. The van der Waals surface area contributed by atoms with E-state index in [9.17, 15) is 0 Å². The number of anilines is 1. The fourth-order valence-electron chi connectivity index (χ4n) is 3.66. The predicted molar refractivity (Wildman–Crippen MR) is 98.2 cm³/mol. The van der Waals surface area contributed by atoms with Crippen LogP contribution in [0.2, 0.25) is 0 Å². The van der Waals surface area contributed by atoms with Crippen molar-refractivity contribution in [2.24, 2.45) is 0 Å². The van der Waals surface area contributed by atoms with Gasteiger partial charge in [-0.1, -0.05) is 6.07 Å². The van der Waals surface area contributed by atoms with Crippen molar-refractivity contribution in [3.63, 3.8) is 0 Å². The minimum Gasteiger partial charge on any atom is -0.481 e. The largest absolute Gasteiger partial charge is 0.481 e. The SMILES string of the molecule is COc1ncccc1CN1CCOCC1c1nccc(N2CCCC2)n1. The minimum atomic E-state index is 0.0382. The molecule has 0 bridgehead atoms. The molecular formula is C19H25N5O2. The minimum absolute atomic E-state index is 0.0382. The van der Waals surface area contributed by atoms with Crippen molar-refractivity contribution < 1.29 is 9.47 Å². The number of hydrogen-bond acceptors (Lipinski definition) is 7. The van der Waals surface area contributed by atoms with Crippen molar-refractivity contribution in [3.05, 3.63) is 42.0 Å². The molecule has 2 aliphatic heterocycles. The van der Waals surface area contributed by atoms with Crippen LogP contribution in [-0.2, 0) is 11.3 Å². The third kappa shape index (κ3) is 3.64. The number of methoxy groups -OCH3 is 1. The summed E-state index contributed by atoms with van der Waals surface area (Å²) >= 11 is 0. The number of nitrogens with zero attached hydrogens (tertiary/aromatic N) is 5. The zero-order valence-corrected chi connectivity index (χ0v) is 15.2. The highest BCUT2D eigenvalue weighted by Crippen LogP contribution is 2.27. The number of morpholine rings is 1. The summed E-state index contributed by atoms with van der Waals surface area (Å²) in [5.74, 6) is 2.53. The smallest absolute Gasteiger partial charge is 0.217 e. The van der Waals surface area contributed by atoms with Crippen molar-refractivity contribution >= 4 is 5.82 Å². The topological polar surface area (TPSA) is 63.6 Å². The van der Waals surface area contributed by atoms with Crippen LogP contribution >= 0.6 is 0 Å². The average Bonchev–Trinajstić information content (AvgIpc) is 3.24. The Kier molecular flexibility index (Phi) is 5.26. The molecule has 7 nitrogen and oxygen atoms in total. The molecule has 2 saturated heterocycles. The van der Waals surface area contributed by atoms with Gasteiger partial charge < -0.3 is 14.4 Å². The summed E-state index contributed by atoms with van der Waals surface area (Å²) in [6, 6.07) is 6.04. The summed E-state index contributed by atoms with van der Waals surface area (Å²) in [6.07, 6.45) is 6.09. The van der Waals surface area contributed by atoms with E-state index in [0.717, 1.165) is 43.4 Å². The zero-order chi connectivity index (χ0) is 17.8. The van der Waals surface area contributed by atoms with Crippen LogP contribution in [0.1, 0.15) is 30.3 Å². The van der Waals surface area contributed by atoms with Crippen molar-refractivity contribution in [2.45, 2.75) is 25.4 Å². The lowest BCUT2D eigenvalue weighted by Gasteiger charge is -2.35. The van der Waals surface area contributed by atoms with Gasteiger partial charge in [0.15, 0.2) is 0 Å². The molecule has 4 rings (SSSR count). The van der Waals surface area contributed by atoms with E-state index in [0.29, 0.717) is 19.1 Å². The molecule has 138 valence electrons. The Hall–Kier alpha value is -2.25. The van der Waals surface area contributed by atoms with Crippen molar-refractivity contribution in [2.75, 3.05) is 44.9 Å². The Morgan fingerprint density at radius 2 is 2.04 bits per heavy atom. The van der Waals surface area contributed by atoms with Gasteiger partial charge in [0.05, 0.1) is 26.4 Å². The van der Waals surface area contributed by atoms with Gasteiger partial charge in [0.1, 0.15) is 11.6 Å². The summed E-state index contributed by atoms with van der Waals surface area (Å²) in [4.78, 5) is 18.4. The number of hydrogen-bond donors (Lipinski definition) is 0. The standard InChI is InChI=1S/C19H25N5O2/c1-25-19-15(5-4-7-21-19)13-24-11-12-26-14-16(24)18-20-8-6-17(22-18)23-9-2-3-10-23/h4-8,16H,2-3,9-14H2,1H3. The van der Waals surface area contributed by atoms with Crippen LogP contribution in [0, 0.1) is 0 Å². The second kappa shape index (κ2) is 7.97. The Morgan fingerprint density at radius 1 is 1.15 bits per heavy atom. The molecule has 0 aliphatic carbocycles. The lowest BCUT2D eigenvalue weighted by molar-refractivity contribution is -0.0162. The molecule has 1 unspecified atom stereocenters. The highest BCUT2D eigenvalue weighted by atomic mass is 16.5. The van der Waals surface area contributed by atoms with Gasteiger partial charge >= 0.3 is 0 Å². The Labute approximate surface area is 154 Å². The van der Waals surface area contributed by atoms with Gasteiger partial charge in [-0.25, -0.2) is 15.0 Å². The molecule has 0 radical (unpaired) electrons. The van der Waals surface area contributed by atoms with Crippen molar-refractivity contribution in [1.82, 2.24) is 19.9 Å². The maximum atomic E-state index is 5.74. The maximum Gasteiger partial charge on any atom is 0.217 e. The number of pyridine rings is 1. The first-order valence-corrected chi connectivity index (χ1v) is 9.23. The first-order chi connectivity index (χ1) is 12.8. The van der Waals surface area contributed by atoms with Crippen LogP contribution in [0.25, 0.3) is 0 Å². The average molecular weight is 355 g/mol. The first kappa shape index (κ1) is 17.2. The van der Waals surface area contributed by atoms with Crippen LogP contribution < -0.4 is 9.64 Å². The van der Waals surface area contributed by atoms with Crippen LogP contribution in [0.3, 0.4) is 0 Å². The van der Waals surface area contributed by atoms with Crippen LogP contribution in [0.4, 0.5) is 5.82 Å². The molecule has 4 heterocycles. The number of rotatable bonds is 5. The third-order valence-corrected chi connectivity index (χ3v) is 5.04. The van der Waals surface area contributed by atoms with E-state index in [1.165, 1.54) is 12.8 Å². The molecule has 26 heavy (non-hydrogen) atoms. The van der Waals surface area contributed by atoms with E-state index in [-0.39, 0.29) is 6.04 Å². The molecule has 2 aliphatic rings. The van der Waals surface area contributed by atoms with E-state index in [4.69, 9.17) is 14.5 Å². The Balaban J connectivity index is 1.56. The van der Waals surface area contributed by atoms with E-state index in [2.05, 4.69) is 25.8 Å². The highest BCUT2D eigenvalue weighted by molar-refractivity contribution is 5.38. The Bertz CT molecular complexity index is 735. The third-order valence-electron chi connectivity index (χ3n) is 5.04. The molecule has 2 aromatic rings. The van der Waals surface area contributed by atoms with E-state index >= 15 is 0 Å². The molecule has 1 atom stereocenters. The molecular weight excluding hydrogens is 330 g/mol. The molecule has 0 aromatic carbocycles. The second-order valence-electron chi connectivity index (χ2n) is 6.70. The van der Waals surface area contributed by atoms with E-state index < -0.39 is 0 Å². The normalized spacial score (nSPS) is 21.1. The van der Waals surface area contributed by atoms with E-state index in [1.807, 2.05) is 18.3 Å². The molecule has 0 spiro atoms. The van der Waals surface area contributed by atoms with Gasteiger partial charge in [0, 0.05) is 44.1 Å². The molecule has 0 N–H and O–H groups in total. The van der Waals surface area contributed by atoms with Gasteiger partial charge in [0.25, 0.3) is 0 Å². The van der Waals surface area contributed by atoms with Crippen molar-refractivity contribution in [1.29, 1.82) is 0 Å². The van der Waals surface area contributed by atoms with Crippen molar-refractivity contribution in [3.8, 4) is 5.88 Å². The molecule has 2 fully saturated rings. The summed E-state index contributed by atoms with van der Waals surface area (Å²) in [6.45, 7) is 5.04. The van der Waals surface area contributed by atoms with Crippen LogP contribution in [-0.4, -0.2) is 59.8 Å². The molecule has 7 heteroatoms. The molecule has 0 saturated carbocycles. The number of ether oxygens (including phenoxy) is 2. The van der Waals surface area contributed by atoms with Gasteiger partial charge in [-0.2, -0.15) is 0 Å². The predicted octanol–water partition coefficient (Wildman–Crippen LogP) is 2.05. The van der Waals surface area contributed by atoms with Gasteiger partial charge in [-0.15, -0.1) is 0 Å².